The molecule has 2 amide bonds. The highest BCUT2D eigenvalue weighted by Crippen LogP contribution is 2.39. The zero-order chi connectivity index (χ0) is 22.9. The molecule has 168 valence electrons. The van der Waals surface area contributed by atoms with E-state index < -0.39 is 5.92 Å². The van der Waals surface area contributed by atoms with Crippen molar-refractivity contribution in [1.29, 1.82) is 0 Å². The second kappa shape index (κ2) is 8.58. The average Bonchev–Trinajstić information content (AvgIpc) is 3.38. The van der Waals surface area contributed by atoms with Gasteiger partial charge in [0.05, 0.1) is 25.3 Å². The maximum atomic E-state index is 12.7. The number of nitrogens with one attached hydrogen (secondary N) is 2. The first-order valence-corrected chi connectivity index (χ1v) is 11.0. The molecule has 0 unspecified atom stereocenters. The van der Waals surface area contributed by atoms with Gasteiger partial charge in [-0.25, -0.2) is 0 Å². The Hall–Kier alpha value is -3.87. The molecular weight excluding hydrogens is 418 g/mol. The van der Waals surface area contributed by atoms with Gasteiger partial charge in [-0.2, -0.15) is 0 Å². The number of aromatic nitrogens is 1. The highest BCUT2D eigenvalue weighted by molar-refractivity contribution is 6.05. The van der Waals surface area contributed by atoms with E-state index >= 15 is 0 Å². The predicted octanol–water partition coefficient (Wildman–Crippen LogP) is 3.61. The van der Waals surface area contributed by atoms with Crippen molar-refractivity contribution < 1.29 is 19.1 Å². The van der Waals surface area contributed by atoms with Crippen LogP contribution in [0, 0.1) is 6.92 Å². The fourth-order valence-corrected chi connectivity index (χ4v) is 4.53. The molecule has 3 heterocycles. The highest BCUT2D eigenvalue weighted by Gasteiger charge is 2.33. The van der Waals surface area contributed by atoms with E-state index in [0.29, 0.717) is 24.4 Å². The number of nitrogens with zero attached hydrogens (tertiary/aromatic N) is 1. The van der Waals surface area contributed by atoms with Gasteiger partial charge < -0.3 is 20.1 Å². The number of hydrogen-bond donors (Lipinski definition) is 2. The number of carbonyl (C=O) groups excluding carboxylic acids is 2. The van der Waals surface area contributed by atoms with Gasteiger partial charge in [0.25, 0.3) is 0 Å². The number of fused-ring (bicyclic) bond motifs is 2. The molecule has 7 nitrogen and oxygen atoms in total. The van der Waals surface area contributed by atoms with Gasteiger partial charge in [-0.1, -0.05) is 24.3 Å². The number of benzene rings is 2. The van der Waals surface area contributed by atoms with Gasteiger partial charge in [-0.3, -0.25) is 14.6 Å². The first-order valence-electron chi connectivity index (χ1n) is 11.0. The Morgan fingerprint density at radius 1 is 1.24 bits per heavy atom. The van der Waals surface area contributed by atoms with Gasteiger partial charge >= 0.3 is 0 Å². The second-order valence-corrected chi connectivity index (χ2v) is 8.41. The van der Waals surface area contributed by atoms with Gasteiger partial charge in [0.2, 0.25) is 11.8 Å². The van der Waals surface area contributed by atoms with E-state index in [-0.39, 0.29) is 24.3 Å². The van der Waals surface area contributed by atoms with Crippen LogP contribution in [-0.4, -0.2) is 36.6 Å². The van der Waals surface area contributed by atoms with Crippen LogP contribution in [0.3, 0.4) is 0 Å². The number of methoxy groups -OCH3 is 1. The Bertz CT molecular complexity index is 1240. The molecule has 1 aromatic heterocycles. The van der Waals surface area contributed by atoms with E-state index in [4.69, 9.17) is 9.47 Å². The molecule has 0 saturated heterocycles. The standard InChI is InChI=1S/C26H25N3O4/c1-15-5-4-10-27-24(15)20-7-3-6-16-11-18(33-25(16)20)14-28-23(30)13-21-19-9-8-17(32-2)12-22(19)29-26(21)31/h3-10,12,18,21H,11,13-14H2,1-2H3,(H,28,30)(H,29,31)/t18-,21+/m0/s1. The van der Waals surface area contributed by atoms with Crippen LogP contribution in [0.1, 0.15) is 29.0 Å². The summed E-state index contributed by atoms with van der Waals surface area (Å²) in [4.78, 5) is 29.6. The second-order valence-electron chi connectivity index (χ2n) is 8.41. The minimum absolute atomic E-state index is 0.0865. The van der Waals surface area contributed by atoms with Gasteiger partial charge in [0, 0.05) is 36.4 Å². The van der Waals surface area contributed by atoms with Crippen molar-refractivity contribution in [1.82, 2.24) is 10.3 Å². The molecule has 0 spiro atoms. The van der Waals surface area contributed by atoms with Crippen molar-refractivity contribution in [2.45, 2.75) is 31.8 Å². The number of carbonyl (C=O) groups is 2. The summed E-state index contributed by atoms with van der Waals surface area (Å²) in [5.41, 5.74) is 5.57. The number of amides is 2. The van der Waals surface area contributed by atoms with Crippen LogP contribution in [0.2, 0.25) is 0 Å². The lowest BCUT2D eigenvalue weighted by Crippen LogP contribution is -2.35. The predicted molar refractivity (Wildman–Crippen MR) is 125 cm³/mol. The molecule has 0 aliphatic carbocycles. The van der Waals surface area contributed by atoms with Crippen LogP contribution in [0.4, 0.5) is 5.69 Å². The van der Waals surface area contributed by atoms with E-state index in [2.05, 4.69) is 15.6 Å². The molecule has 0 saturated carbocycles. The molecule has 2 aromatic carbocycles. The topological polar surface area (TPSA) is 89.5 Å². The summed E-state index contributed by atoms with van der Waals surface area (Å²) in [6, 6.07) is 15.4. The summed E-state index contributed by atoms with van der Waals surface area (Å²) < 4.78 is 11.4. The largest absolute Gasteiger partial charge is 0.497 e. The zero-order valence-electron chi connectivity index (χ0n) is 18.6. The SMILES string of the molecule is COc1ccc2c(c1)NC(=O)[C@@H]2CC(=O)NC[C@@H]1Cc2cccc(-c3ncccc3C)c2O1. The van der Waals surface area contributed by atoms with Crippen LogP contribution >= 0.6 is 0 Å². The highest BCUT2D eigenvalue weighted by atomic mass is 16.5. The molecule has 5 rings (SSSR count). The Morgan fingerprint density at radius 3 is 2.94 bits per heavy atom. The maximum Gasteiger partial charge on any atom is 0.232 e. The number of aryl methyl sites for hydroxylation is 1. The third kappa shape index (κ3) is 4.02. The molecule has 2 aliphatic rings. The van der Waals surface area contributed by atoms with Crippen LogP contribution in [0.25, 0.3) is 11.3 Å². The summed E-state index contributed by atoms with van der Waals surface area (Å²) in [5, 5.41) is 5.78. The van der Waals surface area contributed by atoms with Crippen molar-refractivity contribution in [2.24, 2.45) is 0 Å². The molecule has 0 bridgehead atoms. The van der Waals surface area contributed by atoms with Gasteiger partial charge in [0.15, 0.2) is 0 Å². The molecule has 3 aromatic rings. The summed E-state index contributed by atoms with van der Waals surface area (Å²) in [6.45, 7) is 2.40. The smallest absolute Gasteiger partial charge is 0.232 e. The summed E-state index contributed by atoms with van der Waals surface area (Å²) in [6.07, 6.45) is 2.41. The fraction of sp³-hybridized carbons (Fsp3) is 0.269. The Kier molecular flexibility index (Phi) is 5.46. The Morgan fingerprint density at radius 2 is 2.12 bits per heavy atom. The first-order chi connectivity index (χ1) is 16.0. The number of para-hydroxylation sites is 1. The number of anilines is 1. The first kappa shape index (κ1) is 21.0. The van der Waals surface area contributed by atoms with Crippen molar-refractivity contribution in [3.8, 4) is 22.8 Å². The molecule has 33 heavy (non-hydrogen) atoms. The Balaban J connectivity index is 1.22. The van der Waals surface area contributed by atoms with Crippen molar-refractivity contribution in [3.05, 3.63) is 71.4 Å². The molecule has 0 fully saturated rings. The molecule has 2 atom stereocenters. The van der Waals surface area contributed by atoms with E-state index in [9.17, 15) is 9.59 Å². The van der Waals surface area contributed by atoms with E-state index in [1.54, 1.807) is 25.4 Å². The van der Waals surface area contributed by atoms with E-state index in [0.717, 1.165) is 33.7 Å². The van der Waals surface area contributed by atoms with Crippen molar-refractivity contribution in [2.75, 3.05) is 19.0 Å². The normalized spacial score (nSPS) is 18.2. The quantitative estimate of drug-likeness (QED) is 0.608. The molecule has 0 radical (unpaired) electrons. The minimum atomic E-state index is -0.508. The third-order valence-electron chi connectivity index (χ3n) is 6.22. The van der Waals surface area contributed by atoms with Crippen molar-refractivity contribution in [3.63, 3.8) is 0 Å². The summed E-state index contributed by atoms with van der Waals surface area (Å²) in [7, 11) is 1.58. The monoisotopic (exact) mass is 443 g/mol. The molecule has 7 heteroatoms. The van der Waals surface area contributed by atoms with Crippen LogP contribution in [-0.2, 0) is 16.0 Å². The fourth-order valence-electron chi connectivity index (χ4n) is 4.53. The summed E-state index contributed by atoms with van der Waals surface area (Å²) >= 11 is 0. The molecule has 2 N–H and O–H groups in total. The minimum Gasteiger partial charge on any atom is -0.497 e. The van der Waals surface area contributed by atoms with Crippen LogP contribution in [0.5, 0.6) is 11.5 Å². The number of ether oxygens (including phenoxy) is 2. The number of pyridine rings is 1. The third-order valence-corrected chi connectivity index (χ3v) is 6.22. The lowest BCUT2D eigenvalue weighted by Gasteiger charge is -2.15. The van der Waals surface area contributed by atoms with Gasteiger partial charge in [-0.05, 0) is 41.8 Å². The lowest BCUT2D eigenvalue weighted by molar-refractivity contribution is -0.125. The van der Waals surface area contributed by atoms with E-state index in [1.807, 2.05) is 43.3 Å². The van der Waals surface area contributed by atoms with Crippen LogP contribution < -0.4 is 20.1 Å². The summed E-state index contributed by atoms with van der Waals surface area (Å²) in [5.74, 6) is 0.632. The average molecular weight is 444 g/mol. The lowest BCUT2D eigenvalue weighted by atomic mass is 9.96. The van der Waals surface area contributed by atoms with Crippen LogP contribution in [0.15, 0.2) is 54.7 Å². The van der Waals surface area contributed by atoms with Crippen molar-refractivity contribution >= 4 is 17.5 Å². The molecule has 2 aliphatic heterocycles. The Labute approximate surface area is 192 Å². The number of hydrogen-bond acceptors (Lipinski definition) is 5. The van der Waals surface area contributed by atoms with Gasteiger partial charge in [0.1, 0.15) is 17.6 Å². The number of rotatable bonds is 6. The van der Waals surface area contributed by atoms with E-state index in [1.165, 1.54) is 0 Å². The zero-order valence-corrected chi connectivity index (χ0v) is 18.6. The molecular formula is C26H25N3O4. The van der Waals surface area contributed by atoms with Gasteiger partial charge in [-0.15, -0.1) is 0 Å². The maximum absolute atomic E-state index is 12.7.